The molecule has 0 saturated carbocycles. The Hall–Kier alpha value is -2.80. The van der Waals surface area contributed by atoms with Crippen molar-refractivity contribution in [2.24, 2.45) is 0 Å². The SMILES string of the molecule is COc1ccc(CC(C)(C)NC(Oc2ccc(N(C)S(C)(=O)=O)cc2C#N)C(C)O)cc1. The molecule has 0 aromatic heterocycles. The first-order chi connectivity index (χ1) is 14.9. The first-order valence-electron chi connectivity index (χ1n) is 10.1. The maximum atomic E-state index is 11.8. The van der Waals surface area contributed by atoms with Gasteiger partial charge in [0.1, 0.15) is 23.7 Å². The molecule has 174 valence electrons. The summed E-state index contributed by atoms with van der Waals surface area (Å²) in [7, 11) is -0.437. The average molecular weight is 462 g/mol. The van der Waals surface area contributed by atoms with E-state index in [2.05, 4.69) is 5.32 Å². The van der Waals surface area contributed by atoms with Gasteiger partial charge in [-0.2, -0.15) is 5.26 Å². The number of ether oxygens (including phenoxy) is 2. The Balaban J connectivity index is 2.21. The highest BCUT2D eigenvalue weighted by molar-refractivity contribution is 7.92. The Morgan fingerprint density at radius 1 is 1.22 bits per heavy atom. The summed E-state index contributed by atoms with van der Waals surface area (Å²) in [6.07, 6.45) is 0.0676. The van der Waals surface area contributed by atoms with Crippen molar-refractivity contribution in [2.45, 2.75) is 45.1 Å². The lowest BCUT2D eigenvalue weighted by atomic mass is 9.94. The smallest absolute Gasteiger partial charge is 0.231 e. The number of nitrogens with zero attached hydrogens (tertiary/aromatic N) is 2. The molecule has 2 atom stereocenters. The Labute approximate surface area is 190 Å². The third-order valence-electron chi connectivity index (χ3n) is 4.97. The van der Waals surface area contributed by atoms with Gasteiger partial charge in [0.05, 0.1) is 24.6 Å². The van der Waals surface area contributed by atoms with E-state index >= 15 is 0 Å². The highest BCUT2D eigenvalue weighted by Gasteiger charge is 2.28. The fourth-order valence-corrected chi connectivity index (χ4v) is 3.67. The van der Waals surface area contributed by atoms with Crippen molar-refractivity contribution in [3.8, 4) is 17.6 Å². The molecule has 0 saturated heterocycles. The molecule has 0 aliphatic rings. The van der Waals surface area contributed by atoms with E-state index in [1.54, 1.807) is 20.1 Å². The van der Waals surface area contributed by atoms with E-state index in [-0.39, 0.29) is 11.3 Å². The number of rotatable bonds is 10. The molecule has 0 heterocycles. The Bertz CT molecular complexity index is 1060. The van der Waals surface area contributed by atoms with E-state index in [9.17, 15) is 18.8 Å². The predicted molar refractivity (Wildman–Crippen MR) is 124 cm³/mol. The zero-order chi connectivity index (χ0) is 24.1. The standard InChI is InChI=1S/C23H31N3O5S/c1-16(27)22(25-23(2,3)14-17-7-10-20(30-5)11-8-17)31-21-12-9-19(13-18(21)15-24)26(4)32(6,28)29/h7-13,16,22,25,27H,14H2,1-6H3. The van der Waals surface area contributed by atoms with Gasteiger partial charge >= 0.3 is 0 Å². The number of aliphatic hydroxyl groups excluding tert-OH is 1. The summed E-state index contributed by atoms with van der Waals surface area (Å²) in [5.74, 6) is 1.02. The summed E-state index contributed by atoms with van der Waals surface area (Å²) >= 11 is 0. The number of benzene rings is 2. The molecule has 0 spiro atoms. The minimum Gasteiger partial charge on any atom is -0.497 e. The molecular weight excluding hydrogens is 430 g/mol. The Morgan fingerprint density at radius 3 is 2.34 bits per heavy atom. The minimum absolute atomic E-state index is 0.165. The van der Waals surface area contributed by atoms with Gasteiger partial charge < -0.3 is 14.6 Å². The van der Waals surface area contributed by atoms with Gasteiger partial charge in [-0.1, -0.05) is 12.1 Å². The van der Waals surface area contributed by atoms with Gasteiger partial charge in [-0.05, 0) is 63.1 Å². The zero-order valence-corrected chi connectivity index (χ0v) is 20.1. The minimum atomic E-state index is -3.47. The molecule has 0 aliphatic carbocycles. The molecule has 2 aromatic rings. The van der Waals surface area contributed by atoms with E-state index < -0.39 is 27.9 Å². The number of methoxy groups -OCH3 is 1. The van der Waals surface area contributed by atoms with Crippen LogP contribution in [0.4, 0.5) is 5.69 Å². The van der Waals surface area contributed by atoms with Crippen LogP contribution >= 0.6 is 0 Å². The van der Waals surface area contributed by atoms with Gasteiger partial charge in [-0.15, -0.1) is 0 Å². The molecular formula is C23H31N3O5S. The normalized spacial score (nSPS) is 13.7. The van der Waals surface area contributed by atoms with Crippen LogP contribution in [-0.2, 0) is 16.4 Å². The van der Waals surface area contributed by atoms with E-state index in [1.165, 1.54) is 19.2 Å². The van der Waals surface area contributed by atoms with Gasteiger partial charge in [0.2, 0.25) is 10.0 Å². The summed E-state index contributed by atoms with van der Waals surface area (Å²) < 4.78 is 35.8. The van der Waals surface area contributed by atoms with Gasteiger partial charge in [0, 0.05) is 12.6 Å². The van der Waals surface area contributed by atoms with E-state index in [1.807, 2.05) is 44.2 Å². The second-order valence-electron chi connectivity index (χ2n) is 8.35. The lowest BCUT2D eigenvalue weighted by molar-refractivity contribution is 0.00875. The van der Waals surface area contributed by atoms with Crippen LogP contribution in [0.15, 0.2) is 42.5 Å². The number of nitrogens with one attached hydrogen (secondary N) is 1. The van der Waals surface area contributed by atoms with Gasteiger partial charge in [0.25, 0.3) is 0 Å². The third kappa shape index (κ3) is 6.85. The lowest BCUT2D eigenvalue weighted by Gasteiger charge is -2.34. The summed E-state index contributed by atoms with van der Waals surface area (Å²) in [5.41, 5.74) is 1.15. The van der Waals surface area contributed by atoms with E-state index in [0.717, 1.165) is 21.9 Å². The van der Waals surface area contributed by atoms with Crippen molar-refractivity contribution < 1.29 is 23.0 Å². The number of sulfonamides is 1. The largest absolute Gasteiger partial charge is 0.497 e. The lowest BCUT2D eigenvalue weighted by Crippen LogP contribution is -2.54. The van der Waals surface area contributed by atoms with Crippen LogP contribution in [0.25, 0.3) is 0 Å². The molecule has 0 aliphatic heterocycles. The highest BCUT2D eigenvalue weighted by atomic mass is 32.2. The molecule has 9 heteroatoms. The van der Waals surface area contributed by atoms with Gasteiger partial charge in [0.15, 0.2) is 6.23 Å². The molecule has 2 unspecified atom stereocenters. The summed E-state index contributed by atoms with van der Waals surface area (Å²) in [5, 5.41) is 23.2. The molecule has 8 nitrogen and oxygen atoms in total. The van der Waals surface area contributed by atoms with Crippen LogP contribution in [0, 0.1) is 11.3 Å². The molecule has 0 radical (unpaired) electrons. The van der Waals surface area contributed by atoms with E-state index in [4.69, 9.17) is 9.47 Å². The van der Waals surface area contributed by atoms with Gasteiger partial charge in [-0.3, -0.25) is 9.62 Å². The topological polar surface area (TPSA) is 112 Å². The number of hydrogen-bond acceptors (Lipinski definition) is 7. The van der Waals surface area contributed by atoms with Crippen LogP contribution in [-0.4, -0.2) is 51.8 Å². The van der Waals surface area contributed by atoms with E-state index in [0.29, 0.717) is 12.1 Å². The summed E-state index contributed by atoms with van der Waals surface area (Å²) in [6.45, 7) is 5.58. The number of anilines is 1. The first-order valence-corrected chi connectivity index (χ1v) is 11.9. The molecule has 0 amide bonds. The molecule has 0 bridgehead atoms. The maximum Gasteiger partial charge on any atom is 0.231 e. The predicted octanol–water partition coefficient (Wildman–Crippen LogP) is 2.66. The van der Waals surface area contributed by atoms with Crippen molar-refractivity contribution in [3.63, 3.8) is 0 Å². The number of hydrogen-bond donors (Lipinski definition) is 2. The second-order valence-corrected chi connectivity index (χ2v) is 10.4. The van der Waals surface area contributed by atoms with Crippen LogP contribution in [0.5, 0.6) is 11.5 Å². The number of nitriles is 1. The molecule has 2 N–H and O–H groups in total. The van der Waals surface area contributed by atoms with Crippen molar-refractivity contribution in [1.82, 2.24) is 5.32 Å². The van der Waals surface area contributed by atoms with Crippen LogP contribution in [0.3, 0.4) is 0 Å². The molecule has 32 heavy (non-hydrogen) atoms. The Kier molecular flexibility index (Phi) is 8.13. The molecule has 2 aromatic carbocycles. The van der Waals surface area contributed by atoms with Crippen LogP contribution in [0.1, 0.15) is 31.9 Å². The fraction of sp³-hybridized carbons (Fsp3) is 0.435. The average Bonchev–Trinajstić information content (AvgIpc) is 2.72. The van der Waals surface area contributed by atoms with Crippen molar-refractivity contribution >= 4 is 15.7 Å². The molecule has 2 rings (SSSR count). The maximum absolute atomic E-state index is 11.8. The van der Waals surface area contributed by atoms with Gasteiger partial charge in [-0.25, -0.2) is 8.42 Å². The van der Waals surface area contributed by atoms with Crippen LogP contribution in [0.2, 0.25) is 0 Å². The Morgan fingerprint density at radius 2 is 1.84 bits per heavy atom. The monoisotopic (exact) mass is 461 g/mol. The summed E-state index contributed by atoms with van der Waals surface area (Å²) in [4.78, 5) is 0. The molecule has 0 fully saturated rings. The quantitative estimate of drug-likeness (QED) is 0.523. The number of aliphatic hydroxyl groups is 1. The van der Waals surface area contributed by atoms with Crippen molar-refractivity contribution in [2.75, 3.05) is 24.7 Å². The third-order valence-corrected chi connectivity index (χ3v) is 6.18. The van der Waals surface area contributed by atoms with Crippen LogP contribution < -0.4 is 19.1 Å². The highest BCUT2D eigenvalue weighted by Crippen LogP contribution is 2.27. The zero-order valence-electron chi connectivity index (χ0n) is 19.3. The second kappa shape index (κ2) is 10.2. The fourth-order valence-electron chi connectivity index (χ4n) is 3.17. The van der Waals surface area contributed by atoms with Crippen molar-refractivity contribution in [1.29, 1.82) is 5.26 Å². The summed E-state index contributed by atoms with van der Waals surface area (Å²) in [6, 6.07) is 14.3. The first kappa shape index (κ1) is 25.5. The van der Waals surface area contributed by atoms with Crippen molar-refractivity contribution in [3.05, 3.63) is 53.6 Å².